The molecule has 0 aliphatic carbocycles. The molecule has 15 heteroatoms. The first kappa shape index (κ1) is 29.8. The van der Waals surface area contributed by atoms with Crippen molar-refractivity contribution in [3.8, 4) is 0 Å². The number of pyridine rings is 1. The van der Waals surface area contributed by atoms with Gasteiger partial charge in [-0.25, -0.2) is 9.78 Å². The molecule has 1 aliphatic rings. The second-order valence-electron chi connectivity index (χ2n) is 8.30. The molecule has 4 aromatic rings. The van der Waals surface area contributed by atoms with Crippen LogP contribution in [-0.2, 0) is 26.3 Å². The van der Waals surface area contributed by atoms with Gasteiger partial charge in [-0.05, 0) is 47.7 Å². The first-order chi connectivity index (χ1) is 18.1. The van der Waals surface area contributed by atoms with Gasteiger partial charge < -0.3 is 21.5 Å². The molecule has 1 amide bonds. The van der Waals surface area contributed by atoms with E-state index in [2.05, 4.69) is 4.98 Å². The van der Waals surface area contributed by atoms with E-state index in [4.69, 9.17) is 25.9 Å². The van der Waals surface area contributed by atoms with Gasteiger partial charge in [0.25, 0.3) is 0 Å². The number of benzene rings is 2. The number of carboxylic acid groups (broad SMARTS) is 1. The van der Waals surface area contributed by atoms with Crippen molar-refractivity contribution in [3.05, 3.63) is 66.2 Å². The highest BCUT2D eigenvalue weighted by atomic mass is 32.3. The number of thiophene rings is 1. The number of hydrogen-bond donors (Lipinski definition) is 4. The number of anilines is 1. The Labute approximate surface area is 224 Å². The molecule has 0 radical (unpaired) electrons. The number of carboxylic acids is 1. The minimum Gasteiger partial charge on any atom is -0.475 e. The summed E-state index contributed by atoms with van der Waals surface area (Å²) in [6.45, 7) is 1.31. The fourth-order valence-electron chi connectivity index (χ4n) is 3.50. The molecule has 6 N–H and O–H groups in total. The van der Waals surface area contributed by atoms with Crippen LogP contribution in [0.1, 0.15) is 12.0 Å². The lowest BCUT2D eigenvalue weighted by Gasteiger charge is -2.16. The summed E-state index contributed by atoms with van der Waals surface area (Å²) in [4.78, 5) is 26.8. The molecule has 2 aromatic heterocycles. The predicted molar refractivity (Wildman–Crippen MR) is 139 cm³/mol. The average molecular weight is 585 g/mol. The SMILES string of the molecule is Nc1ccc2ccc(CN3CC[C@H](N)C3=O)cc2n1.O=C(O)C(F)(F)F.O=S(=O)(O)c1cc2ccccc2s1. The monoisotopic (exact) mass is 584 g/mol. The lowest BCUT2D eigenvalue weighted by Crippen LogP contribution is -2.33. The second-order valence-corrected chi connectivity index (χ2v) is 11.0. The van der Waals surface area contributed by atoms with Gasteiger partial charge in [0.15, 0.2) is 0 Å². The largest absolute Gasteiger partial charge is 0.490 e. The van der Waals surface area contributed by atoms with Gasteiger partial charge in [-0.2, -0.15) is 21.6 Å². The average Bonchev–Trinajstić information content (AvgIpc) is 3.43. The number of hydrogen-bond acceptors (Lipinski definition) is 8. The van der Waals surface area contributed by atoms with Crippen LogP contribution >= 0.6 is 11.3 Å². The molecule has 3 heterocycles. The lowest BCUT2D eigenvalue weighted by atomic mass is 10.1. The third-order valence-electron chi connectivity index (χ3n) is 5.39. The van der Waals surface area contributed by atoms with E-state index in [1.54, 1.807) is 17.0 Å². The Bertz CT molecular complexity index is 1580. The Morgan fingerprint density at radius 3 is 2.31 bits per heavy atom. The molecular weight excluding hydrogens is 561 g/mol. The van der Waals surface area contributed by atoms with Crippen LogP contribution in [0.3, 0.4) is 0 Å². The number of alkyl halides is 3. The molecule has 5 rings (SSSR count). The summed E-state index contributed by atoms with van der Waals surface area (Å²) in [5, 5.41) is 9.00. The van der Waals surface area contributed by atoms with Crippen molar-refractivity contribution in [1.29, 1.82) is 0 Å². The molecule has 0 spiro atoms. The molecule has 0 unspecified atom stereocenters. The summed E-state index contributed by atoms with van der Waals surface area (Å²) in [6.07, 6.45) is -4.35. The first-order valence-electron chi connectivity index (χ1n) is 11.1. The molecule has 39 heavy (non-hydrogen) atoms. The molecule has 2 aromatic carbocycles. The number of rotatable bonds is 3. The number of carbonyl (C=O) groups excluding carboxylic acids is 1. The van der Waals surface area contributed by atoms with E-state index < -0.39 is 22.3 Å². The number of carbonyl (C=O) groups is 2. The van der Waals surface area contributed by atoms with Crippen LogP contribution in [0.5, 0.6) is 0 Å². The number of aliphatic carboxylic acids is 1. The number of likely N-dealkylation sites (tertiary alicyclic amines) is 1. The van der Waals surface area contributed by atoms with Crippen LogP contribution in [-0.4, -0.2) is 58.6 Å². The minimum atomic E-state index is -5.08. The highest BCUT2D eigenvalue weighted by molar-refractivity contribution is 7.88. The van der Waals surface area contributed by atoms with Crippen molar-refractivity contribution in [2.24, 2.45) is 5.73 Å². The van der Waals surface area contributed by atoms with Gasteiger partial charge in [-0.3, -0.25) is 9.35 Å². The van der Waals surface area contributed by atoms with E-state index in [1.165, 1.54) is 6.07 Å². The summed E-state index contributed by atoms with van der Waals surface area (Å²) in [5.41, 5.74) is 13.3. The van der Waals surface area contributed by atoms with E-state index in [0.29, 0.717) is 12.4 Å². The van der Waals surface area contributed by atoms with Crippen molar-refractivity contribution in [1.82, 2.24) is 9.88 Å². The second kappa shape index (κ2) is 11.9. The van der Waals surface area contributed by atoms with Crippen LogP contribution in [0.15, 0.2) is 64.9 Å². The van der Waals surface area contributed by atoms with Crippen LogP contribution in [0.25, 0.3) is 21.0 Å². The van der Waals surface area contributed by atoms with Gasteiger partial charge >= 0.3 is 22.3 Å². The first-order valence-corrected chi connectivity index (χ1v) is 13.4. The van der Waals surface area contributed by atoms with E-state index in [0.717, 1.165) is 50.9 Å². The van der Waals surface area contributed by atoms with Gasteiger partial charge in [0, 0.05) is 23.2 Å². The van der Waals surface area contributed by atoms with Crippen molar-refractivity contribution in [3.63, 3.8) is 0 Å². The standard InChI is InChI=1S/C14H16N4O.C8H6O3S2.C2HF3O2/c15-11-5-6-18(14(11)19)8-9-1-2-10-3-4-13(16)17-12(10)7-9;9-13(10,11)8-5-6-3-1-2-4-7(6)12-8;3-2(4,5)1(6)7/h1-4,7,11H,5-6,8,15H2,(H2,16,17);1-5H,(H,9,10,11);(H,6,7)/t11-;;/m0../s1. The van der Waals surface area contributed by atoms with Crippen LogP contribution in [0, 0.1) is 0 Å². The summed E-state index contributed by atoms with van der Waals surface area (Å²) in [6, 6.07) is 18.1. The summed E-state index contributed by atoms with van der Waals surface area (Å²) in [5.74, 6) is -2.22. The molecule has 208 valence electrons. The molecule has 1 fully saturated rings. The van der Waals surface area contributed by atoms with Gasteiger partial charge in [-0.1, -0.05) is 30.3 Å². The number of nitrogen functional groups attached to an aromatic ring is 1. The summed E-state index contributed by atoms with van der Waals surface area (Å²) >= 11 is 1.07. The zero-order valence-corrected chi connectivity index (χ0v) is 21.6. The van der Waals surface area contributed by atoms with Crippen molar-refractivity contribution >= 4 is 60.1 Å². The molecule has 1 atom stereocenters. The highest BCUT2D eigenvalue weighted by Crippen LogP contribution is 2.28. The van der Waals surface area contributed by atoms with Crippen molar-refractivity contribution in [2.75, 3.05) is 12.3 Å². The Morgan fingerprint density at radius 2 is 1.74 bits per heavy atom. The molecule has 0 bridgehead atoms. The van der Waals surface area contributed by atoms with Crippen LogP contribution in [0.4, 0.5) is 19.0 Å². The normalized spacial score (nSPS) is 15.5. The molecule has 0 saturated carbocycles. The topological polar surface area (TPSA) is 177 Å². The van der Waals surface area contributed by atoms with Crippen LogP contribution in [0.2, 0.25) is 0 Å². The fourth-order valence-corrected chi connectivity index (χ4v) is 5.26. The maximum Gasteiger partial charge on any atom is 0.490 e. The Balaban J connectivity index is 0.000000182. The van der Waals surface area contributed by atoms with Crippen LogP contribution < -0.4 is 11.5 Å². The maximum absolute atomic E-state index is 11.8. The number of amides is 1. The summed E-state index contributed by atoms with van der Waals surface area (Å²) < 4.78 is 62.9. The maximum atomic E-state index is 11.8. The number of aromatic nitrogens is 1. The number of halogens is 3. The van der Waals surface area contributed by atoms with E-state index in [-0.39, 0.29) is 16.2 Å². The fraction of sp³-hybridized carbons (Fsp3) is 0.208. The smallest absolute Gasteiger partial charge is 0.475 e. The van der Waals surface area contributed by atoms with Gasteiger partial charge in [0.05, 0.1) is 11.6 Å². The number of nitrogens with zero attached hydrogens (tertiary/aromatic N) is 2. The zero-order valence-electron chi connectivity index (χ0n) is 20.0. The quantitative estimate of drug-likeness (QED) is 0.262. The molecule has 1 saturated heterocycles. The van der Waals surface area contributed by atoms with Gasteiger partial charge in [0.2, 0.25) is 5.91 Å². The highest BCUT2D eigenvalue weighted by Gasteiger charge is 2.38. The molecule has 1 aliphatic heterocycles. The third kappa shape index (κ3) is 8.10. The lowest BCUT2D eigenvalue weighted by molar-refractivity contribution is -0.192. The van der Waals surface area contributed by atoms with E-state index >= 15 is 0 Å². The summed E-state index contributed by atoms with van der Waals surface area (Å²) in [7, 11) is -4.05. The van der Waals surface area contributed by atoms with Crippen molar-refractivity contribution in [2.45, 2.75) is 29.4 Å². The van der Waals surface area contributed by atoms with Gasteiger partial charge in [0.1, 0.15) is 10.0 Å². The van der Waals surface area contributed by atoms with Gasteiger partial charge in [-0.15, -0.1) is 11.3 Å². The molecular formula is C24H23F3N4O6S2. The third-order valence-corrected chi connectivity index (χ3v) is 7.81. The zero-order chi connectivity index (χ0) is 29.0. The Kier molecular flexibility index (Phi) is 9.11. The Morgan fingerprint density at radius 1 is 1.10 bits per heavy atom. The van der Waals surface area contributed by atoms with E-state index in [9.17, 15) is 26.4 Å². The number of nitrogens with two attached hydrogens (primary N) is 2. The van der Waals surface area contributed by atoms with Crippen molar-refractivity contribution < 1.29 is 40.8 Å². The Hall–Kier alpha value is -3.79. The van der Waals surface area contributed by atoms with E-state index in [1.807, 2.05) is 42.5 Å². The predicted octanol–water partition coefficient (Wildman–Crippen LogP) is 3.66. The molecule has 10 nitrogen and oxygen atoms in total. The minimum absolute atomic E-state index is 0.00583. The number of fused-ring (bicyclic) bond motifs is 2.